The Bertz CT molecular complexity index is 443. The molecule has 5 heteroatoms. The largest absolute Gasteiger partial charge is 0.389 e. The number of anilines is 1. The first-order valence-corrected chi connectivity index (χ1v) is 6.60. The van der Waals surface area contributed by atoms with Crippen LogP contribution in [0.5, 0.6) is 0 Å². The molecule has 0 amide bonds. The Labute approximate surface area is 119 Å². The second-order valence-corrected chi connectivity index (χ2v) is 5.73. The number of thiocarbonyl (C=S) groups is 1. The third kappa shape index (κ3) is 4.12. The van der Waals surface area contributed by atoms with Gasteiger partial charge in [-0.2, -0.15) is 0 Å². The van der Waals surface area contributed by atoms with Crippen LogP contribution < -0.4 is 10.6 Å². The lowest BCUT2D eigenvalue weighted by Gasteiger charge is -2.31. The fourth-order valence-corrected chi connectivity index (χ4v) is 2.15. The van der Waals surface area contributed by atoms with Gasteiger partial charge in [-0.25, -0.2) is 0 Å². The summed E-state index contributed by atoms with van der Waals surface area (Å²) in [6, 6.07) is 5.40. The van der Waals surface area contributed by atoms with Crippen molar-refractivity contribution in [2.24, 2.45) is 5.73 Å². The quantitative estimate of drug-likeness (QED) is 0.817. The zero-order valence-corrected chi connectivity index (χ0v) is 12.5. The molecule has 0 unspecified atom stereocenters. The van der Waals surface area contributed by atoms with E-state index in [0.29, 0.717) is 16.6 Å². The Balaban J connectivity index is 3.19. The highest BCUT2D eigenvalue weighted by Crippen LogP contribution is 2.26. The number of aliphatic hydroxyl groups is 1. The van der Waals surface area contributed by atoms with Crippen molar-refractivity contribution in [2.45, 2.75) is 26.4 Å². The minimum Gasteiger partial charge on any atom is -0.389 e. The highest BCUT2D eigenvalue weighted by atomic mass is 35.5. The molecule has 100 valence electrons. The zero-order chi connectivity index (χ0) is 13.9. The van der Waals surface area contributed by atoms with E-state index in [1.165, 1.54) is 0 Å². The maximum Gasteiger partial charge on any atom is 0.106 e. The van der Waals surface area contributed by atoms with Crippen LogP contribution in [-0.4, -0.2) is 28.8 Å². The molecule has 0 aliphatic rings. The topological polar surface area (TPSA) is 49.5 Å². The van der Waals surface area contributed by atoms with Gasteiger partial charge in [-0.1, -0.05) is 23.8 Å². The average Bonchev–Trinajstić information content (AvgIpc) is 2.24. The van der Waals surface area contributed by atoms with Gasteiger partial charge in [0.1, 0.15) is 4.99 Å². The third-order valence-corrected chi connectivity index (χ3v) is 2.98. The van der Waals surface area contributed by atoms with Crippen LogP contribution in [0.1, 0.15) is 26.3 Å². The van der Waals surface area contributed by atoms with Gasteiger partial charge in [0.15, 0.2) is 0 Å². The van der Waals surface area contributed by atoms with Crippen LogP contribution in [0.15, 0.2) is 18.2 Å². The van der Waals surface area contributed by atoms with Crippen molar-refractivity contribution in [2.75, 3.05) is 18.0 Å². The average molecular weight is 287 g/mol. The Morgan fingerprint density at radius 2 is 2.11 bits per heavy atom. The summed E-state index contributed by atoms with van der Waals surface area (Å²) in [4.78, 5) is 2.34. The van der Waals surface area contributed by atoms with Gasteiger partial charge in [0.05, 0.1) is 5.60 Å². The van der Waals surface area contributed by atoms with Gasteiger partial charge in [-0.05, 0) is 39.0 Å². The van der Waals surface area contributed by atoms with Gasteiger partial charge in [-0.15, -0.1) is 0 Å². The summed E-state index contributed by atoms with van der Waals surface area (Å²) in [6.45, 7) is 6.76. The Morgan fingerprint density at radius 1 is 1.50 bits per heavy atom. The molecule has 1 aromatic carbocycles. The van der Waals surface area contributed by atoms with Crippen LogP contribution >= 0.6 is 23.8 Å². The predicted octanol–water partition coefficient (Wildman–Crippen LogP) is 2.57. The molecular weight excluding hydrogens is 268 g/mol. The summed E-state index contributed by atoms with van der Waals surface area (Å²) in [5.74, 6) is 0. The van der Waals surface area contributed by atoms with E-state index in [1.807, 2.05) is 24.0 Å². The van der Waals surface area contributed by atoms with Crippen LogP contribution in [-0.2, 0) is 0 Å². The number of likely N-dealkylation sites (N-methyl/N-ethyl adjacent to an activating group) is 1. The Kier molecular flexibility index (Phi) is 4.96. The first-order valence-electron chi connectivity index (χ1n) is 5.81. The van der Waals surface area contributed by atoms with E-state index in [-0.39, 0.29) is 0 Å². The maximum atomic E-state index is 9.94. The van der Waals surface area contributed by atoms with Crippen molar-refractivity contribution in [3.05, 3.63) is 28.8 Å². The molecule has 0 fully saturated rings. The van der Waals surface area contributed by atoms with E-state index in [4.69, 9.17) is 29.6 Å². The molecule has 0 atom stereocenters. The van der Waals surface area contributed by atoms with Crippen molar-refractivity contribution < 1.29 is 5.11 Å². The smallest absolute Gasteiger partial charge is 0.106 e. The van der Waals surface area contributed by atoms with Crippen LogP contribution in [0.2, 0.25) is 5.02 Å². The molecule has 0 aliphatic carbocycles. The molecule has 0 spiro atoms. The van der Waals surface area contributed by atoms with Crippen molar-refractivity contribution in [3.8, 4) is 0 Å². The lowest BCUT2D eigenvalue weighted by molar-refractivity contribution is 0.0876. The molecule has 0 saturated carbocycles. The molecule has 0 radical (unpaired) electrons. The molecule has 0 saturated heterocycles. The first kappa shape index (κ1) is 15.2. The van der Waals surface area contributed by atoms with Gasteiger partial charge < -0.3 is 15.7 Å². The number of benzene rings is 1. The summed E-state index contributed by atoms with van der Waals surface area (Å²) in [5, 5.41) is 10.6. The van der Waals surface area contributed by atoms with E-state index in [9.17, 15) is 5.11 Å². The summed E-state index contributed by atoms with van der Waals surface area (Å²) >= 11 is 11.1. The van der Waals surface area contributed by atoms with Crippen molar-refractivity contribution in [3.63, 3.8) is 0 Å². The van der Waals surface area contributed by atoms with Crippen LogP contribution in [0.4, 0.5) is 5.69 Å². The first-order chi connectivity index (χ1) is 8.24. The van der Waals surface area contributed by atoms with Crippen LogP contribution in [0.25, 0.3) is 0 Å². The number of nitrogens with zero attached hydrogens (tertiary/aromatic N) is 1. The number of halogens is 1. The Morgan fingerprint density at radius 3 is 2.56 bits per heavy atom. The molecule has 1 aromatic rings. The molecule has 0 aliphatic heterocycles. The fourth-order valence-electron chi connectivity index (χ4n) is 1.81. The molecule has 3 nitrogen and oxygen atoms in total. The molecular formula is C13H19ClN2OS. The zero-order valence-electron chi connectivity index (χ0n) is 10.9. The summed E-state index contributed by atoms with van der Waals surface area (Å²) in [6.07, 6.45) is 0. The lowest BCUT2D eigenvalue weighted by Crippen LogP contribution is -2.39. The van der Waals surface area contributed by atoms with Gasteiger partial charge in [-0.3, -0.25) is 0 Å². The molecule has 3 N–H and O–H groups in total. The maximum absolute atomic E-state index is 9.94. The van der Waals surface area contributed by atoms with Crippen LogP contribution in [0.3, 0.4) is 0 Å². The molecule has 0 heterocycles. The summed E-state index contributed by atoms with van der Waals surface area (Å²) in [5.41, 5.74) is 6.56. The highest BCUT2D eigenvalue weighted by molar-refractivity contribution is 7.80. The SMILES string of the molecule is CCN(CC(C)(C)O)c1cc(Cl)ccc1C(N)=S. The monoisotopic (exact) mass is 286 g/mol. The van der Waals surface area contributed by atoms with Gasteiger partial charge in [0, 0.05) is 29.4 Å². The van der Waals surface area contributed by atoms with E-state index < -0.39 is 5.60 Å². The standard InChI is InChI=1S/C13H19ClN2OS/c1-4-16(8-13(2,3)17)11-7-9(14)5-6-10(11)12(15)18/h5-7,17H,4,8H2,1-3H3,(H2,15,18). The number of hydrogen-bond acceptors (Lipinski definition) is 3. The fraction of sp³-hybridized carbons (Fsp3) is 0.462. The number of nitrogens with two attached hydrogens (primary N) is 1. The second kappa shape index (κ2) is 5.87. The van der Waals surface area contributed by atoms with Crippen molar-refractivity contribution in [1.82, 2.24) is 0 Å². The van der Waals surface area contributed by atoms with Crippen LogP contribution in [0, 0.1) is 0 Å². The number of hydrogen-bond donors (Lipinski definition) is 2. The predicted molar refractivity (Wildman–Crippen MR) is 81.5 cm³/mol. The van der Waals surface area contributed by atoms with E-state index in [0.717, 1.165) is 17.8 Å². The minimum atomic E-state index is -0.800. The van der Waals surface area contributed by atoms with E-state index in [1.54, 1.807) is 19.9 Å². The molecule has 18 heavy (non-hydrogen) atoms. The summed E-state index contributed by atoms with van der Waals surface area (Å²) < 4.78 is 0. The second-order valence-electron chi connectivity index (χ2n) is 4.85. The van der Waals surface area contributed by atoms with Crippen molar-refractivity contribution in [1.29, 1.82) is 0 Å². The summed E-state index contributed by atoms with van der Waals surface area (Å²) in [7, 11) is 0. The normalized spacial score (nSPS) is 11.4. The van der Waals surface area contributed by atoms with Gasteiger partial charge in [0.2, 0.25) is 0 Å². The van der Waals surface area contributed by atoms with Gasteiger partial charge in [0.25, 0.3) is 0 Å². The lowest BCUT2D eigenvalue weighted by atomic mass is 10.1. The van der Waals surface area contributed by atoms with E-state index in [2.05, 4.69) is 0 Å². The molecule has 0 bridgehead atoms. The molecule has 0 aromatic heterocycles. The molecule has 1 rings (SSSR count). The van der Waals surface area contributed by atoms with Gasteiger partial charge >= 0.3 is 0 Å². The number of rotatable bonds is 5. The Hall–Kier alpha value is -0.840. The van der Waals surface area contributed by atoms with Crippen molar-refractivity contribution >= 4 is 34.5 Å². The highest BCUT2D eigenvalue weighted by Gasteiger charge is 2.20. The third-order valence-electron chi connectivity index (χ3n) is 2.53. The minimum absolute atomic E-state index is 0.330. The van der Waals surface area contributed by atoms with E-state index >= 15 is 0 Å².